The van der Waals surface area contributed by atoms with Crippen LogP contribution >= 0.6 is 0 Å². The van der Waals surface area contributed by atoms with Crippen LogP contribution in [0.4, 0.5) is 10.5 Å². The van der Waals surface area contributed by atoms with Gasteiger partial charge in [-0.2, -0.15) is 0 Å². The van der Waals surface area contributed by atoms with Gasteiger partial charge >= 0.3 is 6.09 Å². The average Bonchev–Trinajstić information content (AvgIpc) is 3.09. The highest BCUT2D eigenvalue weighted by Gasteiger charge is 2.10. The van der Waals surface area contributed by atoms with Crippen molar-refractivity contribution in [2.75, 3.05) is 5.73 Å². The van der Waals surface area contributed by atoms with Gasteiger partial charge in [0.15, 0.2) is 0 Å². The summed E-state index contributed by atoms with van der Waals surface area (Å²) in [5.41, 5.74) is 7.96. The summed E-state index contributed by atoms with van der Waals surface area (Å²) in [5.74, 6) is 0.655. The molecule has 1 amide bonds. The lowest BCUT2D eigenvalue weighted by Crippen LogP contribution is -2.23. The van der Waals surface area contributed by atoms with E-state index in [4.69, 9.17) is 14.9 Å². The van der Waals surface area contributed by atoms with E-state index in [9.17, 15) is 4.79 Å². The normalized spacial score (nSPS) is 10.3. The van der Waals surface area contributed by atoms with Gasteiger partial charge in [0.1, 0.15) is 6.61 Å². The third-order valence-electron chi connectivity index (χ3n) is 3.22. The number of carbonyl (C=O) groups excluding carboxylic acids is 1. The molecule has 0 unspecified atom stereocenters. The molecule has 0 atom stereocenters. The van der Waals surface area contributed by atoms with Crippen LogP contribution in [-0.2, 0) is 17.9 Å². The summed E-state index contributed by atoms with van der Waals surface area (Å²) in [6.07, 6.45) is -0.550. The van der Waals surface area contributed by atoms with Crippen molar-refractivity contribution in [1.82, 2.24) is 15.5 Å². The van der Waals surface area contributed by atoms with E-state index in [2.05, 4.69) is 15.5 Å². The minimum absolute atomic E-state index is 0.0929. The lowest BCUT2D eigenvalue weighted by atomic mass is 10.2. The number of aromatic nitrogens is 2. The van der Waals surface area contributed by atoms with Crippen LogP contribution in [0.2, 0.25) is 0 Å². The molecule has 1 aromatic heterocycles. The maximum absolute atomic E-state index is 11.7. The molecule has 0 aliphatic heterocycles. The summed E-state index contributed by atoms with van der Waals surface area (Å²) < 4.78 is 10.6. The van der Waals surface area contributed by atoms with Crippen molar-refractivity contribution in [1.29, 1.82) is 0 Å². The fourth-order valence-electron chi connectivity index (χ4n) is 1.99. The zero-order valence-corrected chi connectivity index (χ0v) is 12.8. The quantitative estimate of drug-likeness (QED) is 0.699. The zero-order valence-electron chi connectivity index (χ0n) is 12.8. The number of hydrogen-bond donors (Lipinski definition) is 2. The SMILES string of the molecule is Nc1ccc(-c2nnc(CNC(=O)OCc3ccccc3)o2)cc1. The second kappa shape index (κ2) is 7.28. The van der Waals surface area contributed by atoms with Crippen LogP contribution in [0.15, 0.2) is 59.0 Å². The molecule has 0 aliphatic carbocycles. The smallest absolute Gasteiger partial charge is 0.407 e. The second-order valence-electron chi connectivity index (χ2n) is 5.04. The van der Waals surface area contributed by atoms with Gasteiger partial charge in [-0.15, -0.1) is 10.2 Å². The van der Waals surface area contributed by atoms with Gasteiger partial charge in [-0.3, -0.25) is 0 Å². The van der Waals surface area contributed by atoms with E-state index in [0.29, 0.717) is 17.5 Å². The van der Waals surface area contributed by atoms with E-state index in [1.165, 1.54) is 0 Å². The Morgan fingerprint density at radius 1 is 1.08 bits per heavy atom. The first-order valence-corrected chi connectivity index (χ1v) is 7.33. The molecule has 1 heterocycles. The van der Waals surface area contributed by atoms with Gasteiger partial charge in [0.2, 0.25) is 11.8 Å². The first-order chi connectivity index (χ1) is 11.7. The Balaban J connectivity index is 1.50. The molecule has 3 rings (SSSR count). The van der Waals surface area contributed by atoms with E-state index < -0.39 is 6.09 Å². The molecule has 122 valence electrons. The van der Waals surface area contributed by atoms with Crippen molar-refractivity contribution >= 4 is 11.8 Å². The minimum Gasteiger partial charge on any atom is -0.445 e. The van der Waals surface area contributed by atoms with Crippen molar-refractivity contribution in [3.63, 3.8) is 0 Å². The monoisotopic (exact) mass is 324 g/mol. The molecule has 7 nitrogen and oxygen atoms in total. The molecule has 3 aromatic rings. The average molecular weight is 324 g/mol. The minimum atomic E-state index is -0.550. The van der Waals surface area contributed by atoms with Gasteiger partial charge in [0.25, 0.3) is 0 Å². The number of nitrogens with zero attached hydrogens (tertiary/aromatic N) is 2. The molecule has 7 heteroatoms. The third kappa shape index (κ3) is 4.10. The number of benzene rings is 2. The number of nitrogens with two attached hydrogens (primary N) is 1. The predicted molar refractivity (Wildman–Crippen MR) is 87.6 cm³/mol. The first kappa shape index (κ1) is 15.5. The Labute approximate surface area is 138 Å². The van der Waals surface area contributed by atoms with Crippen LogP contribution in [0, 0.1) is 0 Å². The first-order valence-electron chi connectivity index (χ1n) is 7.33. The van der Waals surface area contributed by atoms with Crippen LogP contribution in [0.5, 0.6) is 0 Å². The number of anilines is 1. The van der Waals surface area contributed by atoms with Crippen LogP contribution in [0.1, 0.15) is 11.5 Å². The molecule has 3 N–H and O–H groups in total. The van der Waals surface area contributed by atoms with E-state index in [1.54, 1.807) is 24.3 Å². The van der Waals surface area contributed by atoms with Crippen molar-refractivity contribution in [3.8, 4) is 11.5 Å². The fraction of sp³-hybridized carbons (Fsp3) is 0.118. The number of ether oxygens (including phenoxy) is 1. The van der Waals surface area contributed by atoms with Crippen LogP contribution in [-0.4, -0.2) is 16.3 Å². The maximum atomic E-state index is 11.7. The molecule has 0 radical (unpaired) electrons. The largest absolute Gasteiger partial charge is 0.445 e. The Hall–Kier alpha value is -3.35. The Bertz CT molecular complexity index is 800. The molecule has 0 aliphatic rings. The van der Waals surface area contributed by atoms with Crippen molar-refractivity contribution < 1.29 is 13.9 Å². The fourth-order valence-corrected chi connectivity index (χ4v) is 1.99. The number of hydrogen-bond acceptors (Lipinski definition) is 6. The highest BCUT2D eigenvalue weighted by atomic mass is 16.5. The molecule has 0 fully saturated rings. The number of nitrogens with one attached hydrogen (secondary N) is 1. The Kier molecular flexibility index (Phi) is 4.71. The number of carbonyl (C=O) groups is 1. The summed E-state index contributed by atoms with van der Waals surface area (Å²) in [4.78, 5) is 11.7. The molecule has 2 aromatic carbocycles. The number of nitrogen functional groups attached to an aromatic ring is 1. The molecule has 24 heavy (non-hydrogen) atoms. The lowest BCUT2D eigenvalue weighted by Gasteiger charge is -2.05. The van der Waals surface area contributed by atoms with Gasteiger partial charge in [-0.05, 0) is 29.8 Å². The molecular formula is C17H16N4O3. The molecule has 0 spiro atoms. The standard InChI is InChI=1S/C17H16N4O3/c18-14-8-6-13(7-9-14)16-21-20-15(24-16)10-19-17(22)23-11-12-4-2-1-3-5-12/h1-9H,10-11,18H2,(H,19,22). The van der Waals surface area contributed by atoms with Gasteiger partial charge < -0.3 is 20.2 Å². The highest BCUT2D eigenvalue weighted by Crippen LogP contribution is 2.18. The summed E-state index contributed by atoms with van der Waals surface area (Å²) in [6.45, 7) is 0.294. The van der Waals surface area contributed by atoms with Crippen LogP contribution in [0.3, 0.4) is 0 Å². The zero-order chi connectivity index (χ0) is 16.8. The van der Waals surface area contributed by atoms with Gasteiger partial charge in [-0.25, -0.2) is 4.79 Å². The maximum Gasteiger partial charge on any atom is 0.407 e. The number of amides is 1. The molecular weight excluding hydrogens is 308 g/mol. The van der Waals surface area contributed by atoms with Crippen molar-refractivity contribution in [2.24, 2.45) is 0 Å². The molecule has 0 saturated carbocycles. The van der Waals surface area contributed by atoms with E-state index >= 15 is 0 Å². The van der Waals surface area contributed by atoms with E-state index in [0.717, 1.165) is 11.1 Å². The summed E-state index contributed by atoms with van der Waals surface area (Å²) in [5, 5.41) is 10.4. The van der Waals surface area contributed by atoms with Gasteiger partial charge in [0.05, 0.1) is 6.54 Å². The summed E-state index contributed by atoms with van der Waals surface area (Å²) >= 11 is 0. The van der Waals surface area contributed by atoms with Crippen LogP contribution in [0.25, 0.3) is 11.5 Å². The Morgan fingerprint density at radius 3 is 2.58 bits per heavy atom. The summed E-state index contributed by atoms with van der Waals surface area (Å²) in [6, 6.07) is 16.5. The van der Waals surface area contributed by atoms with Crippen molar-refractivity contribution in [3.05, 3.63) is 66.1 Å². The molecule has 0 bridgehead atoms. The Morgan fingerprint density at radius 2 is 1.83 bits per heavy atom. The molecule has 0 saturated heterocycles. The van der Waals surface area contributed by atoms with Crippen LogP contribution < -0.4 is 11.1 Å². The topological polar surface area (TPSA) is 103 Å². The van der Waals surface area contributed by atoms with E-state index in [-0.39, 0.29) is 13.2 Å². The van der Waals surface area contributed by atoms with E-state index in [1.807, 2.05) is 30.3 Å². The predicted octanol–water partition coefficient (Wildman–Crippen LogP) is 2.75. The number of alkyl carbamates (subject to hydrolysis) is 1. The third-order valence-corrected chi connectivity index (χ3v) is 3.22. The summed E-state index contributed by atoms with van der Waals surface area (Å²) in [7, 11) is 0. The van der Waals surface area contributed by atoms with Gasteiger partial charge in [0, 0.05) is 11.3 Å². The second-order valence-corrected chi connectivity index (χ2v) is 5.04. The van der Waals surface area contributed by atoms with Crippen molar-refractivity contribution in [2.45, 2.75) is 13.2 Å². The number of rotatable bonds is 5. The highest BCUT2D eigenvalue weighted by molar-refractivity contribution is 5.67. The lowest BCUT2D eigenvalue weighted by molar-refractivity contribution is 0.138. The van der Waals surface area contributed by atoms with Gasteiger partial charge in [-0.1, -0.05) is 30.3 Å².